The van der Waals surface area contributed by atoms with Crippen molar-refractivity contribution < 1.29 is 4.74 Å². The van der Waals surface area contributed by atoms with Gasteiger partial charge in [-0.15, -0.1) is 0 Å². The van der Waals surface area contributed by atoms with Crippen molar-refractivity contribution in [3.8, 4) is 0 Å². The number of halogens is 1. The van der Waals surface area contributed by atoms with Gasteiger partial charge in [0.25, 0.3) is 0 Å². The largest absolute Gasteiger partial charge is 0.364 e. The number of nitrogens with one attached hydrogen (secondary N) is 1. The Balaban J connectivity index is 2.21. The van der Waals surface area contributed by atoms with Crippen LogP contribution in [0.1, 0.15) is 20.8 Å². The number of imidazole rings is 1. The van der Waals surface area contributed by atoms with E-state index in [0.717, 1.165) is 34.0 Å². The fourth-order valence-electron chi connectivity index (χ4n) is 2.13. The normalized spacial score (nSPS) is 12.8. The van der Waals surface area contributed by atoms with Gasteiger partial charge in [-0.25, -0.2) is 9.97 Å². The molecule has 0 bridgehead atoms. The highest BCUT2D eigenvalue weighted by atomic mass is 79.9. The van der Waals surface area contributed by atoms with Gasteiger partial charge in [-0.05, 0) is 42.7 Å². The maximum atomic E-state index is 5.87. The number of fused-ring (bicyclic) bond motifs is 1. The Morgan fingerprint density at radius 3 is 2.57 bits per heavy atom. The summed E-state index contributed by atoms with van der Waals surface area (Å²) in [5.41, 5.74) is 1.81. The quantitative estimate of drug-likeness (QED) is 0.564. The van der Waals surface area contributed by atoms with Gasteiger partial charge < -0.3 is 14.6 Å². The Morgan fingerprint density at radius 1 is 1.26 bits per heavy atom. The predicted molar refractivity (Wildman–Crippen MR) is 103 cm³/mol. The molecule has 0 aliphatic carbocycles. The van der Waals surface area contributed by atoms with Gasteiger partial charge in [0.1, 0.15) is 17.8 Å². The number of hydrogen-bond acceptors (Lipinski definition) is 4. The molecule has 0 fully saturated rings. The molecular formula is C16H27BrN4OSi. The van der Waals surface area contributed by atoms with Gasteiger partial charge in [0.15, 0.2) is 5.82 Å². The average Bonchev–Trinajstić information content (AvgIpc) is 2.81. The predicted octanol–water partition coefficient (Wildman–Crippen LogP) is 4.72. The summed E-state index contributed by atoms with van der Waals surface area (Å²) in [5.74, 6) is 0.835. The Kier molecular flexibility index (Phi) is 5.53. The van der Waals surface area contributed by atoms with Crippen LogP contribution >= 0.6 is 15.9 Å². The van der Waals surface area contributed by atoms with Gasteiger partial charge in [-0.2, -0.15) is 0 Å². The van der Waals surface area contributed by atoms with Crippen LogP contribution in [0.2, 0.25) is 25.7 Å². The summed E-state index contributed by atoms with van der Waals surface area (Å²) < 4.78 is 8.79. The first-order valence-electron chi connectivity index (χ1n) is 7.92. The fraction of sp³-hybridized carbons (Fsp3) is 0.625. The third kappa shape index (κ3) is 5.29. The molecular weight excluding hydrogens is 372 g/mol. The van der Waals surface area contributed by atoms with Crippen LogP contribution in [-0.2, 0) is 11.5 Å². The number of rotatable bonds is 6. The number of ether oxygens (including phenoxy) is 1. The van der Waals surface area contributed by atoms with E-state index in [9.17, 15) is 0 Å². The van der Waals surface area contributed by atoms with Crippen LogP contribution in [0.5, 0.6) is 0 Å². The van der Waals surface area contributed by atoms with Crippen molar-refractivity contribution in [2.24, 2.45) is 0 Å². The third-order valence-corrected chi connectivity index (χ3v) is 5.60. The fourth-order valence-corrected chi connectivity index (χ4v) is 3.28. The van der Waals surface area contributed by atoms with Crippen LogP contribution in [0.25, 0.3) is 11.0 Å². The van der Waals surface area contributed by atoms with Crippen molar-refractivity contribution in [2.75, 3.05) is 11.9 Å². The highest BCUT2D eigenvalue weighted by Crippen LogP contribution is 2.28. The second-order valence-corrected chi connectivity index (χ2v) is 14.6. The Bertz CT molecular complexity index is 673. The minimum atomic E-state index is -1.07. The summed E-state index contributed by atoms with van der Waals surface area (Å²) in [6.45, 7) is 14.7. The zero-order chi connectivity index (χ0) is 17.3. The van der Waals surface area contributed by atoms with E-state index in [1.165, 1.54) is 0 Å². The smallest absolute Gasteiger partial charge is 0.152 e. The van der Waals surface area contributed by atoms with Gasteiger partial charge in [-0.3, -0.25) is 0 Å². The van der Waals surface area contributed by atoms with Crippen LogP contribution in [0.3, 0.4) is 0 Å². The van der Waals surface area contributed by atoms with Crippen molar-refractivity contribution >= 4 is 40.9 Å². The van der Waals surface area contributed by atoms with Crippen LogP contribution in [0, 0.1) is 0 Å². The van der Waals surface area contributed by atoms with Crippen molar-refractivity contribution in [2.45, 2.75) is 58.7 Å². The maximum Gasteiger partial charge on any atom is 0.152 e. The standard InChI is InChI=1S/C16H27BrN4OSi/c1-16(2,3)20-15-14-13(12(17)9-18-15)19-10-21(14)11-22-7-8-23(4,5)6/h9-10H,7-8,11H2,1-6H3,(H,18,20). The van der Waals surface area contributed by atoms with E-state index in [-0.39, 0.29) is 5.54 Å². The van der Waals surface area contributed by atoms with Crippen LogP contribution in [0.15, 0.2) is 17.0 Å². The molecule has 0 unspecified atom stereocenters. The lowest BCUT2D eigenvalue weighted by Crippen LogP contribution is -2.27. The molecule has 128 valence electrons. The lowest BCUT2D eigenvalue weighted by Gasteiger charge is -2.22. The number of nitrogens with zero attached hydrogens (tertiary/aromatic N) is 3. The molecule has 2 rings (SSSR count). The Morgan fingerprint density at radius 2 is 1.96 bits per heavy atom. The van der Waals surface area contributed by atoms with Gasteiger partial charge in [0, 0.05) is 26.4 Å². The lowest BCUT2D eigenvalue weighted by molar-refractivity contribution is 0.0898. The van der Waals surface area contributed by atoms with E-state index in [0.29, 0.717) is 6.73 Å². The maximum absolute atomic E-state index is 5.87. The molecule has 23 heavy (non-hydrogen) atoms. The van der Waals surface area contributed by atoms with Crippen LogP contribution in [0.4, 0.5) is 5.82 Å². The van der Waals surface area contributed by atoms with E-state index in [2.05, 4.69) is 71.6 Å². The molecule has 0 radical (unpaired) electrons. The molecule has 1 N–H and O–H groups in total. The molecule has 0 aromatic carbocycles. The number of hydrogen-bond donors (Lipinski definition) is 1. The summed E-state index contributed by atoms with van der Waals surface area (Å²) in [6.07, 6.45) is 3.61. The average molecular weight is 399 g/mol. The molecule has 2 heterocycles. The summed E-state index contributed by atoms with van der Waals surface area (Å²) in [4.78, 5) is 9.03. The molecule has 0 amide bonds. The van der Waals surface area contributed by atoms with Crippen molar-refractivity contribution in [1.29, 1.82) is 0 Å². The van der Waals surface area contributed by atoms with Gasteiger partial charge in [-0.1, -0.05) is 19.6 Å². The van der Waals surface area contributed by atoms with Crippen molar-refractivity contribution in [3.63, 3.8) is 0 Å². The highest BCUT2D eigenvalue weighted by molar-refractivity contribution is 9.10. The molecule has 7 heteroatoms. The van der Waals surface area contributed by atoms with E-state index < -0.39 is 8.07 Å². The molecule has 0 atom stereocenters. The zero-order valence-electron chi connectivity index (χ0n) is 14.9. The van der Waals surface area contributed by atoms with E-state index >= 15 is 0 Å². The molecule has 0 saturated heterocycles. The van der Waals surface area contributed by atoms with Gasteiger partial charge in [0.05, 0.1) is 10.8 Å². The zero-order valence-corrected chi connectivity index (χ0v) is 17.5. The van der Waals surface area contributed by atoms with Crippen LogP contribution in [-0.4, -0.2) is 34.8 Å². The highest BCUT2D eigenvalue weighted by Gasteiger charge is 2.18. The van der Waals surface area contributed by atoms with Crippen molar-refractivity contribution in [3.05, 3.63) is 17.0 Å². The molecule has 5 nitrogen and oxygen atoms in total. The van der Waals surface area contributed by atoms with Crippen LogP contribution < -0.4 is 5.32 Å². The first kappa shape index (κ1) is 18.4. The summed E-state index contributed by atoms with van der Waals surface area (Å²) in [6, 6.07) is 1.16. The Hall–Kier alpha value is -0.923. The SMILES string of the molecule is CC(C)(C)Nc1ncc(Br)c2ncn(COCC[Si](C)(C)C)c12. The monoisotopic (exact) mass is 398 g/mol. The molecule has 0 aliphatic heterocycles. The van der Waals surface area contributed by atoms with E-state index in [1.807, 2.05) is 10.9 Å². The number of aromatic nitrogens is 3. The van der Waals surface area contributed by atoms with Crippen molar-refractivity contribution in [1.82, 2.24) is 14.5 Å². The number of anilines is 1. The summed E-state index contributed by atoms with van der Waals surface area (Å²) in [5, 5.41) is 3.45. The summed E-state index contributed by atoms with van der Waals surface area (Å²) >= 11 is 3.53. The minimum Gasteiger partial charge on any atom is -0.364 e. The third-order valence-electron chi connectivity index (χ3n) is 3.32. The second-order valence-electron chi connectivity index (χ2n) is 8.09. The number of pyridine rings is 1. The van der Waals surface area contributed by atoms with E-state index in [1.54, 1.807) is 6.20 Å². The minimum absolute atomic E-state index is 0.0679. The van der Waals surface area contributed by atoms with Gasteiger partial charge >= 0.3 is 0 Å². The molecule has 0 saturated carbocycles. The molecule has 2 aromatic heterocycles. The second kappa shape index (κ2) is 6.90. The molecule has 0 aliphatic rings. The molecule has 2 aromatic rings. The van der Waals surface area contributed by atoms with E-state index in [4.69, 9.17) is 4.74 Å². The first-order chi connectivity index (χ1) is 10.6. The molecule has 0 spiro atoms. The Labute approximate surface area is 148 Å². The summed E-state index contributed by atoms with van der Waals surface area (Å²) in [7, 11) is -1.07. The van der Waals surface area contributed by atoms with Gasteiger partial charge in [0.2, 0.25) is 0 Å². The first-order valence-corrected chi connectivity index (χ1v) is 12.4. The topological polar surface area (TPSA) is 52.0 Å². The lowest BCUT2D eigenvalue weighted by atomic mass is 10.1.